The van der Waals surface area contributed by atoms with Crippen LogP contribution < -0.4 is 5.73 Å². The Bertz CT molecular complexity index is 318. The topological polar surface area (TPSA) is 35.2 Å². The van der Waals surface area contributed by atoms with E-state index in [9.17, 15) is 0 Å². The Labute approximate surface area is 112 Å². The highest BCUT2D eigenvalue weighted by molar-refractivity contribution is 5.24. The van der Waals surface area contributed by atoms with E-state index in [1.54, 1.807) is 0 Å². The van der Waals surface area contributed by atoms with Crippen molar-refractivity contribution in [2.24, 2.45) is 11.7 Å². The molecule has 1 rings (SSSR count). The zero-order valence-electron chi connectivity index (χ0n) is 12.0. The summed E-state index contributed by atoms with van der Waals surface area (Å²) < 4.78 is 5.60. The Kier molecular flexibility index (Phi) is 6.99. The summed E-state index contributed by atoms with van der Waals surface area (Å²) in [4.78, 5) is 0. The van der Waals surface area contributed by atoms with E-state index in [1.165, 1.54) is 11.1 Å². The molecule has 0 amide bonds. The molecular weight excluding hydrogens is 222 g/mol. The van der Waals surface area contributed by atoms with Crippen LogP contribution in [0.2, 0.25) is 0 Å². The average molecular weight is 249 g/mol. The first-order valence-electron chi connectivity index (χ1n) is 7.05. The van der Waals surface area contributed by atoms with Crippen LogP contribution in [0.25, 0.3) is 0 Å². The second-order valence-electron chi connectivity index (χ2n) is 5.29. The van der Waals surface area contributed by atoms with Gasteiger partial charge in [0, 0.05) is 19.3 Å². The Hall–Kier alpha value is -0.860. The zero-order valence-corrected chi connectivity index (χ0v) is 12.0. The number of aryl methyl sites for hydroxylation is 1. The Morgan fingerprint density at radius 2 is 1.67 bits per heavy atom. The molecule has 1 aromatic rings. The largest absolute Gasteiger partial charge is 0.381 e. The first-order valence-corrected chi connectivity index (χ1v) is 7.05. The van der Waals surface area contributed by atoms with E-state index in [-0.39, 0.29) is 6.04 Å². The second kappa shape index (κ2) is 8.28. The number of hydrogen-bond donors (Lipinski definition) is 1. The van der Waals surface area contributed by atoms with Crippen LogP contribution in [0.5, 0.6) is 0 Å². The maximum Gasteiger partial charge on any atom is 0.0484 e. The molecule has 1 aromatic carbocycles. The predicted molar refractivity (Wildman–Crippen MR) is 77.6 cm³/mol. The highest BCUT2D eigenvalue weighted by atomic mass is 16.5. The van der Waals surface area contributed by atoms with Gasteiger partial charge in [0.15, 0.2) is 0 Å². The Morgan fingerprint density at radius 1 is 1.06 bits per heavy atom. The Morgan fingerprint density at radius 3 is 2.22 bits per heavy atom. The van der Waals surface area contributed by atoms with Crippen LogP contribution in [-0.2, 0) is 11.2 Å². The van der Waals surface area contributed by atoms with Crippen LogP contribution in [0.4, 0.5) is 0 Å². The average Bonchev–Trinajstić information content (AvgIpc) is 2.38. The molecule has 102 valence electrons. The van der Waals surface area contributed by atoms with E-state index in [0.717, 1.165) is 32.5 Å². The van der Waals surface area contributed by atoms with Gasteiger partial charge >= 0.3 is 0 Å². The molecule has 2 heteroatoms. The van der Waals surface area contributed by atoms with E-state index >= 15 is 0 Å². The van der Waals surface area contributed by atoms with Crippen molar-refractivity contribution in [3.05, 3.63) is 35.4 Å². The van der Waals surface area contributed by atoms with Gasteiger partial charge in [0.1, 0.15) is 0 Å². The minimum Gasteiger partial charge on any atom is -0.381 e. The van der Waals surface area contributed by atoms with Crippen molar-refractivity contribution in [3.63, 3.8) is 0 Å². The van der Waals surface area contributed by atoms with Gasteiger partial charge in [0.25, 0.3) is 0 Å². The minimum absolute atomic E-state index is 0.0926. The second-order valence-corrected chi connectivity index (χ2v) is 5.29. The van der Waals surface area contributed by atoms with Crippen molar-refractivity contribution in [1.82, 2.24) is 0 Å². The lowest BCUT2D eigenvalue weighted by atomic mass is 10.0. The van der Waals surface area contributed by atoms with Crippen LogP contribution in [0.3, 0.4) is 0 Å². The van der Waals surface area contributed by atoms with Crippen LogP contribution in [0.15, 0.2) is 24.3 Å². The van der Waals surface area contributed by atoms with E-state index < -0.39 is 0 Å². The molecule has 0 fully saturated rings. The van der Waals surface area contributed by atoms with Crippen LogP contribution in [-0.4, -0.2) is 13.2 Å². The summed E-state index contributed by atoms with van der Waals surface area (Å²) in [6.07, 6.45) is 3.10. The van der Waals surface area contributed by atoms with E-state index in [1.807, 2.05) is 0 Å². The van der Waals surface area contributed by atoms with Gasteiger partial charge in [-0.2, -0.15) is 0 Å². The molecular formula is C16H27NO. The third-order valence-corrected chi connectivity index (χ3v) is 3.23. The molecule has 0 heterocycles. The van der Waals surface area contributed by atoms with E-state index in [0.29, 0.717) is 5.92 Å². The Balaban J connectivity index is 2.25. The van der Waals surface area contributed by atoms with E-state index in [4.69, 9.17) is 10.5 Å². The van der Waals surface area contributed by atoms with Crippen LogP contribution in [0, 0.1) is 5.92 Å². The normalized spacial score (nSPS) is 12.9. The van der Waals surface area contributed by atoms with Crippen molar-refractivity contribution in [2.45, 2.75) is 46.1 Å². The number of nitrogens with two attached hydrogens (primary N) is 1. The molecule has 2 N–H and O–H groups in total. The fourth-order valence-corrected chi connectivity index (χ4v) is 1.80. The molecule has 0 bridgehead atoms. The standard InChI is InChI=1S/C16H27NO/c1-4-14-5-7-15(8-6-14)16(17)10-12-18-11-9-13(2)3/h5-8,13,16H,4,9-12,17H2,1-3H3. The molecule has 1 unspecified atom stereocenters. The van der Waals surface area contributed by atoms with E-state index in [2.05, 4.69) is 45.0 Å². The summed E-state index contributed by atoms with van der Waals surface area (Å²) in [6, 6.07) is 8.69. The summed E-state index contributed by atoms with van der Waals surface area (Å²) in [5.74, 6) is 0.709. The first kappa shape index (κ1) is 15.2. The zero-order chi connectivity index (χ0) is 13.4. The van der Waals surface area contributed by atoms with Gasteiger partial charge in [-0.1, -0.05) is 45.0 Å². The van der Waals surface area contributed by atoms with Crippen molar-refractivity contribution in [1.29, 1.82) is 0 Å². The van der Waals surface area contributed by atoms with Crippen molar-refractivity contribution < 1.29 is 4.74 Å². The van der Waals surface area contributed by atoms with Gasteiger partial charge in [-0.05, 0) is 36.3 Å². The molecule has 0 aliphatic rings. The smallest absolute Gasteiger partial charge is 0.0484 e. The number of ether oxygens (including phenoxy) is 1. The molecule has 18 heavy (non-hydrogen) atoms. The minimum atomic E-state index is 0.0926. The molecule has 2 nitrogen and oxygen atoms in total. The van der Waals surface area contributed by atoms with Crippen molar-refractivity contribution in [2.75, 3.05) is 13.2 Å². The van der Waals surface area contributed by atoms with Gasteiger partial charge in [-0.15, -0.1) is 0 Å². The summed E-state index contributed by atoms with van der Waals surface area (Å²) >= 11 is 0. The fraction of sp³-hybridized carbons (Fsp3) is 0.625. The maximum absolute atomic E-state index is 6.15. The monoisotopic (exact) mass is 249 g/mol. The van der Waals surface area contributed by atoms with Gasteiger partial charge in [-0.3, -0.25) is 0 Å². The summed E-state index contributed by atoms with van der Waals surface area (Å²) in [5.41, 5.74) is 8.72. The molecule has 0 aromatic heterocycles. The van der Waals surface area contributed by atoms with Crippen LogP contribution >= 0.6 is 0 Å². The summed E-state index contributed by atoms with van der Waals surface area (Å²) in [6.45, 7) is 8.19. The molecule has 0 aliphatic carbocycles. The highest BCUT2D eigenvalue weighted by Gasteiger charge is 2.05. The molecule has 1 atom stereocenters. The summed E-state index contributed by atoms with van der Waals surface area (Å²) in [5, 5.41) is 0. The van der Waals surface area contributed by atoms with Gasteiger partial charge < -0.3 is 10.5 Å². The molecule has 0 radical (unpaired) electrons. The van der Waals surface area contributed by atoms with Crippen molar-refractivity contribution >= 4 is 0 Å². The third-order valence-electron chi connectivity index (χ3n) is 3.23. The highest BCUT2D eigenvalue weighted by Crippen LogP contribution is 2.15. The van der Waals surface area contributed by atoms with Crippen LogP contribution in [0.1, 0.15) is 50.8 Å². The number of hydrogen-bond acceptors (Lipinski definition) is 2. The van der Waals surface area contributed by atoms with Gasteiger partial charge in [0.05, 0.1) is 0 Å². The lowest BCUT2D eigenvalue weighted by Gasteiger charge is -2.13. The molecule has 0 spiro atoms. The summed E-state index contributed by atoms with van der Waals surface area (Å²) in [7, 11) is 0. The van der Waals surface area contributed by atoms with Crippen molar-refractivity contribution in [3.8, 4) is 0 Å². The SMILES string of the molecule is CCc1ccc(C(N)CCOCCC(C)C)cc1. The lowest BCUT2D eigenvalue weighted by molar-refractivity contribution is 0.117. The third kappa shape index (κ3) is 5.65. The first-order chi connectivity index (χ1) is 8.63. The fourth-order valence-electron chi connectivity index (χ4n) is 1.80. The number of benzene rings is 1. The molecule has 0 saturated carbocycles. The molecule has 0 saturated heterocycles. The van der Waals surface area contributed by atoms with Gasteiger partial charge in [0.2, 0.25) is 0 Å². The quantitative estimate of drug-likeness (QED) is 0.713. The number of rotatable bonds is 8. The molecule has 0 aliphatic heterocycles. The maximum atomic E-state index is 6.15. The lowest BCUT2D eigenvalue weighted by Crippen LogP contribution is -2.13. The van der Waals surface area contributed by atoms with Gasteiger partial charge in [-0.25, -0.2) is 0 Å². The predicted octanol–water partition coefficient (Wildman–Crippen LogP) is 3.70.